The van der Waals surface area contributed by atoms with Crippen molar-refractivity contribution in [3.63, 3.8) is 0 Å². The molecule has 1 aliphatic heterocycles. The van der Waals surface area contributed by atoms with E-state index in [2.05, 4.69) is 22.8 Å². The molecule has 0 radical (unpaired) electrons. The summed E-state index contributed by atoms with van der Waals surface area (Å²) in [6, 6.07) is 2.74. The first-order chi connectivity index (χ1) is 4.88. The molecule has 0 bridgehead atoms. The van der Waals surface area contributed by atoms with Crippen molar-refractivity contribution in [2.75, 3.05) is 11.5 Å². The molecule has 0 spiro atoms. The van der Waals surface area contributed by atoms with Crippen LogP contribution in [0.3, 0.4) is 0 Å². The number of hydrogen-bond donors (Lipinski definition) is 0. The highest BCUT2D eigenvalue weighted by Gasteiger charge is 2.21. The van der Waals surface area contributed by atoms with Crippen LogP contribution >= 0.6 is 11.8 Å². The molecule has 0 amide bonds. The first kappa shape index (κ1) is 6.28. The molecule has 2 heterocycles. The molecule has 1 saturated heterocycles. The Labute approximate surface area is 64.6 Å². The molecule has 10 heavy (non-hydrogen) atoms. The van der Waals surface area contributed by atoms with Crippen molar-refractivity contribution < 1.29 is 0 Å². The predicted octanol–water partition coefficient (Wildman–Crippen LogP) is 1.48. The Hall–Kier alpha value is -0.440. The van der Waals surface area contributed by atoms with Crippen LogP contribution in [0.4, 0.5) is 0 Å². The van der Waals surface area contributed by atoms with Crippen molar-refractivity contribution in [1.82, 2.24) is 9.78 Å². The first-order valence-electron chi connectivity index (χ1n) is 3.46. The Morgan fingerprint density at radius 2 is 2.50 bits per heavy atom. The minimum atomic E-state index is 0.681. The maximum atomic E-state index is 4.24. The number of aryl methyl sites for hydroxylation is 1. The first-order valence-corrected chi connectivity index (χ1v) is 4.61. The molecule has 1 fully saturated rings. The largest absolute Gasteiger partial charge is 0.265 e. The zero-order chi connectivity index (χ0) is 6.97. The van der Waals surface area contributed by atoms with E-state index in [1.165, 1.54) is 17.2 Å². The zero-order valence-corrected chi connectivity index (χ0v) is 6.77. The molecule has 0 saturated carbocycles. The molecule has 2 nitrogen and oxygen atoms in total. The van der Waals surface area contributed by atoms with Gasteiger partial charge in [-0.05, 0) is 13.0 Å². The maximum Gasteiger partial charge on any atom is 0.0702 e. The molecule has 0 aromatic carbocycles. The Morgan fingerprint density at radius 3 is 2.90 bits per heavy atom. The predicted molar refractivity (Wildman–Crippen MR) is 43.3 cm³/mol. The lowest BCUT2D eigenvalue weighted by molar-refractivity contribution is 0.514. The SMILES string of the molecule is Cc1ccnn1C1CSC1. The molecule has 1 aromatic rings. The molecule has 1 aliphatic rings. The number of rotatable bonds is 1. The monoisotopic (exact) mass is 154 g/mol. The minimum absolute atomic E-state index is 0.681. The van der Waals surface area contributed by atoms with Crippen molar-refractivity contribution in [2.24, 2.45) is 0 Å². The van der Waals surface area contributed by atoms with E-state index in [1.807, 2.05) is 18.0 Å². The van der Waals surface area contributed by atoms with Gasteiger partial charge in [-0.3, -0.25) is 4.68 Å². The van der Waals surface area contributed by atoms with Crippen LogP contribution in [-0.2, 0) is 0 Å². The molecule has 2 rings (SSSR count). The molecule has 1 aromatic heterocycles. The summed E-state index contributed by atoms with van der Waals surface area (Å²) in [5, 5.41) is 4.24. The van der Waals surface area contributed by atoms with Crippen molar-refractivity contribution >= 4 is 11.8 Å². The van der Waals surface area contributed by atoms with E-state index in [4.69, 9.17) is 0 Å². The van der Waals surface area contributed by atoms with Gasteiger partial charge in [-0.1, -0.05) is 0 Å². The third-order valence-corrected chi connectivity index (χ3v) is 3.08. The Kier molecular flexibility index (Phi) is 1.45. The summed E-state index contributed by atoms with van der Waals surface area (Å²) in [5.41, 5.74) is 1.28. The second-order valence-electron chi connectivity index (χ2n) is 2.61. The second kappa shape index (κ2) is 2.31. The van der Waals surface area contributed by atoms with Crippen LogP contribution in [-0.4, -0.2) is 21.3 Å². The van der Waals surface area contributed by atoms with E-state index >= 15 is 0 Å². The Morgan fingerprint density at radius 1 is 1.70 bits per heavy atom. The van der Waals surface area contributed by atoms with Gasteiger partial charge in [-0.15, -0.1) is 0 Å². The van der Waals surface area contributed by atoms with Crippen LogP contribution in [0.25, 0.3) is 0 Å². The maximum absolute atomic E-state index is 4.24. The standard InChI is InChI=1S/C7H10N2S/c1-6-2-3-8-9(6)7-4-10-5-7/h2-3,7H,4-5H2,1H3. The van der Waals surface area contributed by atoms with Crippen LogP contribution in [0.2, 0.25) is 0 Å². The van der Waals surface area contributed by atoms with E-state index in [9.17, 15) is 0 Å². The Balaban J connectivity index is 2.23. The van der Waals surface area contributed by atoms with Crippen LogP contribution in [0.15, 0.2) is 12.3 Å². The summed E-state index contributed by atoms with van der Waals surface area (Å²) in [4.78, 5) is 0. The summed E-state index contributed by atoms with van der Waals surface area (Å²) < 4.78 is 2.12. The van der Waals surface area contributed by atoms with Crippen LogP contribution in [0, 0.1) is 6.92 Å². The highest BCUT2D eigenvalue weighted by Crippen LogP contribution is 2.29. The second-order valence-corrected chi connectivity index (χ2v) is 3.68. The fraction of sp³-hybridized carbons (Fsp3) is 0.571. The van der Waals surface area contributed by atoms with Crippen LogP contribution in [0.5, 0.6) is 0 Å². The van der Waals surface area contributed by atoms with Crippen molar-refractivity contribution in [3.05, 3.63) is 18.0 Å². The van der Waals surface area contributed by atoms with Gasteiger partial charge in [0.05, 0.1) is 6.04 Å². The molecule has 0 aliphatic carbocycles. The quantitative estimate of drug-likeness (QED) is 0.609. The molecular formula is C7H10N2S. The highest BCUT2D eigenvalue weighted by atomic mass is 32.2. The molecule has 0 atom stereocenters. The van der Waals surface area contributed by atoms with Gasteiger partial charge in [0.25, 0.3) is 0 Å². The molecule has 3 heteroatoms. The minimum Gasteiger partial charge on any atom is -0.265 e. The van der Waals surface area contributed by atoms with E-state index < -0.39 is 0 Å². The van der Waals surface area contributed by atoms with E-state index in [-0.39, 0.29) is 0 Å². The summed E-state index contributed by atoms with van der Waals surface area (Å²) in [6.45, 7) is 2.11. The summed E-state index contributed by atoms with van der Waals surface area (Å²) in [5.74, 6) is 2.48. The average molecular weight is 154 g/mol. The fourth-order valence-electron chi connectivity index (χ4n) is 1.13. The average Bonchev–Trinajstić information content (AvgIpc) is 2.12. The van der Waals surface area contributed by atoms with Gasteiger partial charge in [-0.2, -0.15) is 16.9 Å². The van der Waals surface area contributed by atoms with E-state index in [1.54, 1.807) is 0 Å². The summed E-state index contributed by atoms with van der Waals surface area (Å²) in [6.07, 6.45) is 1.87. The third kappa shape index (κ3) is 0.850. The van der Waals surface area contributed by atoms with Gasteiger partial charge in [0.15, 0.2) is 0 Å². The smallest absolute Gasteiger partial charge is 0.0702 e. The highest BCUT2D eigenvalue weighted by molar-refractivity contribution is 8.00. The molecule has 0 N–H and O–H groups in total. The number of thioether (sulfide) groups is 1. The van der Waals surface area contributed by atoms with Gasteiger partial charge in [0, 0.05) is 23.4 Å². The molecular weight excluding hydrogens is 144 g/mol. The van der Waals surface area contributed by atoms with Gasteiger partial charge in [0.2, 0.25) is 0 Å². The van der Waals surface area contributed by atoms with Gasteiger partial charge >= 0.3 is 0 Å². The van der Waals surface area contributed by atoms with Crippen molar-refractivity contribution in [3.8, 4) is 0 Å². The van der Waals surface area contributed by atoms with Crippen molar-refractivity contribution in [2.45, 2.75) is 13.0 Å². The number of aromatic nitrogens is 2. The van der Waals surface area contributed by atoms with E-state index in [0.29, 0.717) is 6.04 Å². The lowest BCUT2D eigenvalue weighted by Crippen LogP contribution is -2.24. The lowest BCUT2D eigenvalue weighted by Gasteiger charge is -2.26. The van der Waals surface area contributed by atoms with Crippen LogP contribution in [0.1, 0.15) is 11.7 Å². The fourth-order valence-corrected chi connectivity index (χ4v) is 1.86. The topological polar surface area (TPSA) is 17.8 Å². The molecule has 54 valence electrons. The van der Waals surface area contributed by atoms with Gasteiger partial charge < -0.3 is 0 Å². The summed E-state index contributed by atoms with van der Waals surface area (Å²) in [7, 11) is 0. The summed E-state index contributed by atoms with van der Waals surface area (Å²) >= 11 is 1.99. The zero-order valence-electron chi connectivity index (χ0n) is 5.95. The van der Waals surface area contributed by atoms with Gasteiger partial charge in [0.1, 0.15) is 0 Å². The normalized spacial score (nSPS) is 18.9. The lowest BCUT2D eigenvalue weighted by atomic mass is 10.3. The van der Waals surface area contributed by atoms with Crippen LogP contribution < -0.4 is 0 Å². The molecule has 0 unspecified atom stereocenters. The van der Waals surface area contributed by atoms with E-state index in [0.717, 1.165) is 0 Å². The Bertz CT molecular complexity index is 227. The third-order valence-electron chi connectivity index (χ3n) is 1.83. The van der Waals surface area contributed by atoms with Crippen molar-refractivity contribution in [1.29, 1.82) is 0 Å². The number of hydrogen-bond acceptors (Lipinski definition) is 2. The van der Waals surface area contributed by atoms with Gasteiger partial charge in [-0.25, -0.2) is 0 Å². The number of nitrogens with zero attached hydrogens (tertiary/aromatic N) is 2.